The van der Waals surface area contributed by atoms with E-state index in [-0.39, 0.29) is 24.9 Å². The normalized spacial score (nSPS) is 11.7. The van der Waals surface area contributed by atoms with Gasteiger partial charge >= 0.3 is 5.97 Å². The van der Waals surface area contributed by atoms with Crippen LogP contribution < -0.4 is 5.32 Å². The van der Waals surface area contributed by atoms with E-state index in [0.29, 0.717) is 5.69 Å². The summed E-state index contributed by atoms with van der Waals surface area (Å²) in [5.41, 5.74) is 2.73. The maximum atomic E-state index is 12.0. The summed E-state index contributed by atoms with van der Waals surface area (Å²) >= 11 is 6.83. The van der Waals surface area contributed by atoms with E-state index in [1.807, 2.05) is 56.3 Å². The molecule has 0 aliphatic carbocycles. The fourth-order valence-electron chi connectivity index (χ4n) is 2.35. The summed E-state index contributed by atoms with van der Waals surface area (Å²) in [4.78, 5) is 24.0. The second kappa shape index (κ2) is 9.15. The molecular formula is C19H19Br2NO3. The van der Waals surface area contributed by atoms with Crippen LogP contribution in [0.1, 0.15) is 30.4 Å². The van der Waals surface area contributed by atoms with Gasteiger partial charge in [-0.25, -0.2) is 0 Å². The molecule has 6 heteroatoms. The van der Waals surface area contributed by atoms with Gasteiger partial charge in [-0.2, -0.15) is 0 Å². The van der Waals surface area contributed by atoms with E-state index in [1.54, 1.807) is 0 Å². The number of benzene rings is 2. The van der Waals surface area contributed by atoms with Crippen LogP contribution in [0.4, 0.5) is 5.69 Å². The minimum absolute atomic E-state index is 0.0390. The molecule has 0 aliphatic rings. The van der Waals surface area contributed by atoms with E-state index in [1.165, 1.54) is 0 Å². The Morgan fingerprint density at radius 2 is 1.72 bits per heavy atom. The van der Waals surface area contributed by atoms with Gasteiger partial charge in [0.15, 0.2) is 6.61 Å². The van der Waals surface area contributed by atoms with Gasteiger partial charge in [0.05, 0.1) is 12.1 Å². The molecule has 1 amide bonds. The maximum Gasteiger partial charge on any atom is 0.306 e. The van der Waals surface area contributed by atoms with Crippen molar-refractivity contribution in [2.75, 3.05) is 11.9 Å². The molecule has 132 valence electrons. The number of hydrogen-bond acceptors (Lipinski definition) is 3. The summed E-state index contributed by atoms with van der Waals surface area (Å²) in [6.45, 7) is 3.60. The van der Waals surface area contributed by atoms with Crippen LogP contribution in [0.15, 0.2) is 51.4 Å². The minimum Gasteiger partial charge on any atom is -0.456 e. The van der Waals surface area contributed by atoms with Gasteiger partial charge < -0.3 is 10.1 Å². The van der Waals surface area contributed by atoms with Gasteiger partial charge in [-0.1, -0.05) is 37.3 Å². The topological polar surface area (TPSA) is 55.4 Å². The maximum absolute atomic E-state index is 12.0. The molecule has 0 spiro atoms. The summed E-state index contributed by atoms with van der Waals surface area (Å²) < 4.78 is 6.61. The largest absolute Gasteiger partial charge is 0.456 e. The molecule has 0 saturated carbocycles. The zero-order valence-electron chi connectivity index (χ0n) is 14.0. The molecule has 2 aromatic rings. The van der Waals surface area contributed by atoms with E-state index in [2.05, 4.69) is 37.2 Å². The van der Waals surface area contributed by atoms with Crippen molar-refractivity contribution in [2.45, 2.75) is 26.2 Å². The number of aryl methyl sites for hydroxylation is 1. The molecule has 0 heterocycles. The summed E-state index contributed by atoms with van der Waals surface area (Å²) in [5, 5.41) is 2.74. The lowest BCUT2D eigenvalue weighted by atomic mass is 9.98. The van der Waals surface area contributed by atoms with Gasteiger partial charge in [-0.15, -0.1) is 0 Å². The zero-order chi connectivity index (χ0) is 18.4. The molecule has 4 nitrogen and oxygen atoms in total. The first-order valence-electron chi connectivity index (χ1n) is 7.83. The van der Waals surface area contributed by atoms with E-state index < -0.39 is 5.97 Å². The summed E-state index contributed by atoms with van der Waals surface area (Å²) in [6.07, 6.45) is 0.231. The van der Waals surface area contributed by atoms with Crippen molar-refractivity contribution in [3.05, 3.63) is 62.5 Å². The van der Waals surface area contributed by atoms with Crippen LogP contribution in [-0.4, -0.2) is 18.5 Å². The van der Waals surface area contributed by atoms with Crippen LogP contribution in [0.3, 0.4) is 0 Å². The van der Waals surface area contributed by atoms with Gasteiger partial charge in [0.2, 0.25) is 0 Å². The van der Waals surface area contributed by atoms with Crippen molar-refractivity contribution in [1.82, 2.24) is 0 Å². The van der Waals surface area contributed by atoms with Crippen LogP contribution in [-0.2, 0) is 14.3 Å². The number of anilines is 1. The highest BCUT2D eigenvalue weighted by atomic mass is 79.9. The third-order valence-corrected chi connectivity index (χ3v) is 4.91. The smallest absolute Gasteiger partial charge is 0.306 e. The second-order valence-corrected chi connectivity index (χ2v) is 7.54. The summed E-state index contributed by atoms with van der Waals surface area (Å²) in [5.74, 6) is -0.739. The number of nitrogens with one attached hydrogen (secondary N) is 1. The molecule has 0 fully saturated rings. The predicted molar refractivity (Wildman–Crippen MR) is 106 cm³/mol. The van der Waals surface area contributed by atoms with E-state index in [9.17, 15) is 9.59 Å². The van der Waals surface area contributed by atoms with Crippen molar-refractivity contribution < 1.29 is 14.3 Å². The number of carbonyl (C=O) groups is 2. The second-order valence-electron chi connectivity index (χ2n) is 5.83. The van der Waals surface area contributed by atoms with Crippen LogP contribution in [0.2, 0.25) is 0 Å². The lowest BCUT2D eigenvalue weighted by Gasteiger charge is -2.13. The summed E-state index contributed by atoms with van der Waals surface area (Å²) in [6, 6.07) is 13.5. The Hall–Kier alpha value is -1.66. The van der Waals surface area contributed by atoms with E-state index in [4.69, 9.17) is 4.74 Å². The Labute approximate surface area is 164 Å². The fourth-order valence-corrected chi connectivity index (χ4v) is 3.96. The number of rotatable bonds is 6. The standard InChI is InChI=1S/C19H19Br2NO3/c1-12-8-15(20)19(16(21)9-12)22-17(23)11-25-18(24)10-13(2)14-6-4-3-5-7-14/h3-9,13H,10-11H2,1-2H3,(H,22,23). The van der Waals surface area contributed by atoms with Crippen LogP contribution in [0.25, 0.3) is 0 Å². The quantitative estimate of drug-likeness (QED) is 0.593. The average Bonchev–Trinajstić information content (AvgIpc) is 2.57. The van der Waals surface area contributed by atoms with Crippen molar-refractivity contribution >= 4 is 49.4 Å². The molecule has 0 radical (unpaired) electrons. The molecule has 0 bridgehead atoms. The highest BCUT2D eigenvalue weighted by Crippen LogP contribution is 2.32. The molecular weight excluding hydrogens is 450 g/mol. The monoisotopic (exact) mass is 467 g/mol. The Bertz CT molecular complexity index is 740. The number of amides is 1. The SMILES string of the molecule is Cc1cc(Br)c(NC(=O)COC(=O)CC(C)c2ccccc2)c(Br)c1. The van der Waals surface area contributed by atoms with Crippen molar-refractivity contribution in [3.8, 4) is 0 Å². The number of ether oxygens (including phenoxy) is 1. The van der Waals surface area contributed by atoms with Crippen molar-refractivity contribution in [3.63, 3.8) is 0 Å². The molecule has 2 aromatic carbocycles. The van der Waals surface area contributed by atoms with Crippen LogP contribution in [0.5, 0.6) is 0 Å². The van der Waals surface area contributed by atoms with Gasteiger partial charge in [-0.3, -0.25) is 9.59 Å². The molecule has 25 heavy (non-hydrogen) atoms. The highest BCUT2D eigenvalue weighted by Gasteiger charge is 2.15. The number of hydrogen-bond donors (Lipinski definition) is 1. The third-order valence-electron chi connectivity index (χ3n) is 3.66. The number of esters is 1. The molecule has 1 N–H and O–H groups in total. The van der Waals surface area contributed by atoms with Crippen molar-refractivity contribution in [2.24, 2.45) is 0 Å². The van der Waals surface area contributed by atoms with E-state index in [0.717, 1.165) is 20.1 Å². The Balaban J connectivity index is 1.85. The lowest BCUT2D eigenvalue weighted by molar-refractivity contribution is -0.147. The first kappa shape index (κ1) is 19.7. The number of halogens is 2. The lowest BCUT2D eigenvalue weighted by Crippen LogP contribution is -2.22. The van der Waals surface area contributed by atoms with Crippen molar-refractivity contribution in [1.29, 1.82) is 0 Å². The molecule has 2 rings (SSSR count). The van der Waals surface area contributed by atoms with Gasteiger partial charge in [0.25, 0.3) is 5.91 Å². The zero-order valence-corrected chi connectivity index (χ0v) is 17.2. The minimum atomic E-state index is -0.395. The predicted octanol–water partition coefficient (Wildman–Crippen LogP) is 5.20. The highest BCUT2D eigenvalue weighted by molar-refractivity contribution is 9.11. The van der Waals surface area contributed by atoms with Crippen LogP contribution in [0, 0.1) is 6.92 Å². The average molecular weight is 469 g/mol. The third kappa shape index (κ3) is 5.97. The Kier molecular flexibility index (Phi) is 7.20. The first-order valence-corrected chi connectivity index (χ1v) is 9.41. The summed E-state index contributed by atoms with van der Waals surface area (Å²) in [7, 11) is 0. The number of carbonyl (C=O) groups excluding carboxylic acids is 2. The Morgan fingerprint density at radius 3 is 2.32 bits per heavy atom. The molecule has 0 saturated heterocycles. The van der Waals surface area contributed by atoms with E-state index >= 15 is 0 Å². The molecule has 0 aliphatic heterocycles. The molecule has 1 atom stereocenters. The molecule has 1 unspecified atom stereocenters. The van der Waals surface area contributed by atoms with Crippen LogP contribution >= 0.6 is 31.9 Å². The van der Waals surface area contributed by atoms with Gasteiger partial charge in [-0.05, 0) is 68.0 Å². The van der Waals surface area contributed by atoms with Gasteiger partial charge in [0.1, 0.15) is 0 Å². The molecule has 0 aromatic heterocycles. The fraction of sp³-hybridized carbons (Fsp3) is 0.263. The first-order chi connectivity index (χ1) is 11.9. The Morgan fingerprint density at radius 1 is 1.12 bits per heavy atom. The van der Waals surface area contributed by atoms with Gasteiger partial charge in [0, 0.05) is 8.95 Å².